The van der Waals surface area contributed by atoms with Crippen LogP contribution in [-0.2, 0) is 9.47 Å². The molecule has 1 aliphatic rings. The Morgan fingerprint density at radius 3 is 2.84 bits per heavy atom. The number of hydrogen-bond acceptors (Lipinski definition) is 5. The summed E-state index contributed by atoms with van der Waals surface area (Å²) in [5.41, 5.74) is 0. The molecular weight excluding hydrogens is 322 g/mol. The number of pyridine rings is 1. The highest BCUT2D eigenvalue weighted by Gasteiger charge is 2.27. The number of aromatic nitrogens is 1. The summed E-state index contributed by atoms with van der Waals surface area (Å²) in [6.45, 7) is 1.95. The summed E-state index contributed by atoms with van der Waals surface area (Å²) in [6.07, 6.45) is 1.58. The summed E-state index contributed by atoms with van der Waals surface area (Å²) in [4.78, 5) is 18.4. The molecule has 2 aromatic rings. The van der Waals surface area contributed by atoms with Crippen LogP contribution in [0.1, 0.15) is 0 Å². The maximum atomic E-state index is 12.5. The van der Waals surface area contributed by atoms with E-state index in [2.05, 4.69) is 10.3 Å². The van der Waals surface area contributed by atoms with Crippen LogP contribution in [-0.4, -0.2) is 55.4 Å². The van der Waals surface area contributed by atoms with Crippen molar-refractivity contribution < 1.29 is 19.0 Å². The molecule has 1 aromatic heterocycles. The van der Waals surface area contributed by atoms with Gasteiger partial charge in [0.05, 0.1) is 32.1 Å². The van der Waals surface area contributed by atoms with Gasteiger partial charge in [0.1, 0.15) is 17.3 Å². The molecule has 2 heterocycles. The fourth-order valence-corrected chi connectivity index (χ4v) is 2.57. The van der Waals surface area contributed by atoms with Gasteiger partial charge < -0.3 is 19.1 Å². The molecule has 1 N–H and O–H groups in total. The van der Waals surface area contributed by atoms with Gasteiger partial charge in [-0.3, -0.25) is 5.32 Å². The lowest BCUT2D eigenvalue weighted by molar-refractivity contribution is -0.0133. The number of carbonyl (C=O) groups excluding carboxylic acids is 1. The SMILES string of the molecule is COCC1COCCN1C(=O)Nc1ccc(Oc2ccccc2)cn1. The van der Waals surface area contributed by atoms with Crippen molar-refractivity contribution in [1.29, 1.82) is 0 Å². The van der Waals surface area contributed by atoms with E-state index in [1.165, 1.54) is 0 Å². The molecule has 7 heteroatoms. The molecule has 25 heavy (non-hydrogen) atoms. The average molecular weight is 343 g/mol. The first-order chi connectivity index (χ1) is 12.3. The topological polar surface area (TPSA) is 72.9 Å². The Bertz CT molecular complexity index is 676. The molecule has 0 bridgehead atoms. The van der Waals surface area contributed by atoms with Gasteiger partial charge >= 0.3 is 6.03 Å². The zero-order valence-corrected chi connectivity index (χ0v) is 14.1. The van der Waals surface area contributed by atoms with E-state index >= 15 is 0 Å². The van der Waals surface area contributed by atoms with E-state index in [-0.39, 0.29) is 12.1 Å². The van der Waals surface area contributed by atoms with Crippen molar-refractivity contribution in [2.75, 3.05) is 38.8 Å². The molecule has 1 aliphatic heterocycles. The number of carbonyl (C=O) groups is 1. The lowest BCUT2D eigenvalue weighted by Gasteiger charge is -2.34. The Labute approximate surface area is 146 Å². The summed E-state index contributed by atoms with van der Waals surface area (Å²) < 4.78 is 16.2. The summed E-state index contributed by atoms with van der Waals surface area (Å²) >= 11 is 0. The normalized spacial score (nSPS) is 17.2. The van der Waals surface area contributed by atoms with Crippen LogP contribution >= 0.6 is 0 Å². The highest BCUT2D eigenvalue weighted by atomic mass is 16.5. The zero-order chi connectivity index (χ0) is 17.5. The molecule has 7 nitrogen and oxygen atoms in total. The number of nitrogens with one attached hydrogen (secondary N) is 1. The monoisotopic (exact) mass is 343 g/mol. The van der Waals surface area contributed by atoms with E-state index in [0.717, 1.165) is 5.75 Å². The third-order valence-electron chi connectivity index (χ3n) is 3.80. The van der Waals surface area contributed by atoms with E-state index in [9.17, 15) is 4.79 Å². The maximum Gasteiger partial charge on any atom is 0.323 e. The van der Waals surface area contributed by atoms with Crippen LogP contribution in [0.4, 0.5) is 10.6 Å². The van der Waals surface area contributed by atoms with E-state index in [0.29, 0.717) is 37.9 Å². The summed E-state index contributed by atoms with van der Waals surface area (Å²) in [5.74, 6) is 1.80. The average Bonchev–Trinajstić information content (AvgIpc) is 2.65. The molecule has 1 unspecified atom stereocenters. The largest absolute Gasteiger partial charge is 0.456 e. The summed E-state index contributed by atoms with van der Waals surface area (Å²) in [7, 11) is 1.61. The fraction of sp³-hybridized carbons (Fsp3) is 0.333. The van der Waals surface area contributed by atoms with Gasteiger partial charge in [-0.25, -0.2) is 9.78 Å². The molecule has 0 aliphatic carbocycles. The zero-order valence-electron chi connectivity index (χ0n) is 14.1. The smallest absolute Gasteiger partial charge is 0.323 e. The van der Waals surface area contributed by atoms with Crippen LogP contribution in [0, 0.1) is 0 Å². The number of urea groups is 1. The third-order valence-corrected chi connectivity index (χ3v) is 3.80. The molecule has 1 aromatic carbocycles. The number of morpholine rings is 1. The van der Waals surface area contributed by atoms with Crippen LogP contribution in [0.3, 0.4) is 0 Å². The van der Waals surface area contributed by atoms with E-state index in [1.807, 2.05) is 30.3 Å². The first-order valence-electron chi connectivity index (χ1n) is 8.09. The minimum absolute atomic E-state index is 0.0977. The summed E-state index contributed by atoms with van der Waals surface area (Å²) in [6, 6.07) is 12.6. The van der Waals surface area contributed by atoms with Crippen LogP contribution in [0.5, 0.6) is 11.5 Å². The standard InChI is InChI=1S/C18H21N3O4/c1-23-12-14-13-24-10-9-21(14)18(22)20-17-8-7-16(11-19-17)25-15-5-3-2-4-6-15/h2-8,11,14H,9-10,12-13H2,1H3,(H,19,20,22). The number of hydrogen-bond donors (Lipinski definition) is 1. The Kier molecular flexibility index (Phi) is 5.81. The number of rotatable bonds is 5. The minimum Gasteiger partial charge on any atom is -0.456 e. The number of para-hydroxylation sites is 1. The summed E-state index contributed by atoms with van der Waals surface area (Å²) in [5, 5.41) is 2.80. The highest BCUT2D eigenvalue weighted by molar-refractivity contribution is 5.88. The van der Waals surface area contributed by atoms with Crippen LogP contribution in [0.25, 0.3) is 0 Å². The minimum atomic E-state index is -0.213. The van der Waals surface area contributed by atoms with E-state index in [4.69, 9.17) is 14.2 Å². The van der Waals surface area contributed by atoms with Gasteiger partial charge in [-0.2, -0.15) is 0 Å². The van der Waals surface area contributed by atoms with Crippen molar-refractivity contribution in [3.8, 4) is 11.5 Å². The van der Waals surface area contributed by atoms with Crippen LogP contribution in [0.2, 0.25) is 0 Å². The van der Waals surface area contributed by atoms with Gasteiger partial charge in [-0.1, -0.05) is 18.2 Å². The Balaban J connectivity index is 1.59. The molecule has 0 spiro atoms. The Morgan fingerprint density at radius 2 is 2.12 bits per heavy atom. The number of nitrogens with zero attached hydrogens (tertiary/aromatic N) is 2. The van der Waals surface area contributed by atoms with Gasteiger partial charge in [0, 0.05) is 13.7 Å². The van der Waals surface area contributed by atoms with E-state index < -0.39 is 0 Å². The number of methoxy groups -OCH3 is 1. The van der Waals surface area contributed by atoms with Gasteiger partial charge in [0.25, 0.3) is 0 Å². The Morgan fingerprint density at radius 1 is 1.28 bits per heavy atom. The quantitative estimate of drug-likeness (QED) is 0.904. The van der Waals surface area contributed by atoms with Crippen LogP contribution in [0.15, 0.2) is 48.7 Å². The van der Waals surface area contributed by atoms with Crippen molar-refractivity contribution in [2.45, 2.75) is 6.04 Å². The van der Waals surface area contributed by atoms with Crippen molar-refractivity contribution in [3.63, 3.8) is 0 Å². The van der Waals surface area contributed by atoms with Gasteiger partial charge in [0.2, 0.25) is 0 Å². The van der Waals surface area contributed by atoms with Crippen molar-refractivity contribution in [3.05, 3.63) is 48.7 Å². The number of benzene rings is 1. The molecule has 0 radical (unpaired) electrons. The molecule has 0 saturated carbocycles. The lowest BCUT2D eigenvalue weighted by Crippen LogP contribution is -2.52. The maximum absolute atomic E-state index is 12.5. The molecule has 1 saturated heterocycles. The first kappa shape index (κ1) is 17.2. The van der Waals surface area contributed by atoms with Crippen molar-refractivity contribution >= 4 is 11.8 Å². The highest BCUT2D eigenvalue weighted by Crippen LogP contribution is 2.21. The Hall–Kier alpha value is -2.64. The number of ether oxygens (including phenoxy) is 3. The molecule has 1 atom stereocenters. The molecule has 132 valence electrons. The predicted octanol–water partition coefficient (Wildman–Crippen LogP) is 2.75. The lowest BCUT2D eigenvalue weighted by atomic mass is 10.2. The molecule has 1 fully saturated rings. The van der Waals surface area contributed by atoms with Crippen molar-refractivity contribution in [2.24, 2.45) is 0 Å². The molecular formula is C18H21N3O4. The van der Waals surface area contributed by atoms with Gasteiger partial charge in [-0.05, 0) is 24.3 Å². The third kappa shape index (κ3) is 4.68. The van der Waals surface area contributed by atoms with Gasteiger partial charge in [0.15, 0.2) is 0 Å². The van der Waals surface area contributed by atoms with Gasteiger partial charge in [-0.15, -0.1) is 0 Å². The molecule has 2 amide bonds. The second-order valence-electron chi connectivity index (χ2n) is 5.60. The molecule has 3 rings (SSSR count). The first-order valence-corrected chi connectivity index (χ1v) is 8.09. The number of amides is 2. The second-order valence-corrected chi connectivity index (χ2v) is 5.60. The van der Waals surface area contributed by atoms with Crippen LogP contribution < -0.4 is 10.1 Å². The predicted molar refractivity (Wildman–Crippen MR) is 93.0 cm³/mol. The van der Waals surface area contributed by atoms with Crippen molar-refractivity contribution in [1.82, 2.24) is 9.88 Å². The second kappa shape index (κ2) is 8.46. The van der Waals surface area contributed by atoms with E-state index in [1.54, 1.807) is 30.3 Å². The number of anilines is 1. The fourth-order valence-electron chi connectivity index (χ4n) is 2.57.